The van der Waals surface area contributed by atoms with Crippen LogP contribution in [0.1, 0.15) is 12.0 Å². The predicted octanol–water partition coefficient (Wildman–Crippen LogP) is 2.78. The van der Waals surface area contributed by atoms with Crippen molar-refractivity contribution in [2.75, 3.05) is 13.7 Å². The number of nitrogens with zero attached hydrogens (tertiary/aromatic N) is 3. The number of hydrogen-bond acceptors (Lipinski definition) is 5. The van der Waals surface area contributed by atoms with Gasteiger partial charge in [-0.15, -0.1) is 0 Å². The van der Waals surface area contributed by atoms with E-state index < -0.39 is 24.3 Å². The molecule has 0 bridgehead atoms. The Morgan fingerprint density at radius 2 is 1.97 bits per heavy atom. The number of hydrogen-bond donors (Lipinski definition) is 0. The second kappa shape index (κ2) is 9.49. The molecule has 9 heteroatoms. The second-order valence-corrected chi connectivity index (χ2v) is 7.03. The average molecular weight is 432 g/mol. The molecular formula is C21H19ClFN3O4. The van der Waals surface area contributed by atoms with E-state index >= 15 is 0 Å². The molecule has 0 radical (unpaired) electrons. The SMILES string of the molecule is CN(Cc1c(F)cccc1Cl)C(=O)COC(=O)CCn1cnc2ccccc2c1=O. The predicted molar refractivity (Wildman–Crippen MR) is 109 cm³/mol. The first-order valence-corrected chi connectivity index (χ1v) is 9.51. The number of benzene rings is 2. The van der Waals surface area contributed by atoms with Gasteiger partial charge in [-0.2, -0.15) is 0 Å². The van der Waals surface area contributed by atoms with E-state index in [1.54, 1.807) is 24.3 Å². The molecule has 0 atom stereocenters. The molecule has 0 aliphatic rings. The quantitative estimate of drug-likeness (QED) is 0.537. The normalized spacial score (nSPS) is 10.8. The molecule has 0 aliphatic carbocycles. The number of carbonyl (C=O) groups excluding carboxylic acids is 2. The molecule has 0 spiro atoms. The summed E-state index contributed by atoms with van der Waals surface area (Å²) in [6.45, 7) is -0.476. The number of fused-ring (bicyclic) bond motifs is 1. The Morgan fingerprint density at radius 1 is 1.20 bits per heavy atom. The number of ether oxygens (including phenoxy) is 1. The monoisotopic (exact) mass is 431 g/mol. The van der Waals surface area contributed by atoms with E-state index in [1.807, 2.05) is 0 Å². The third-order valence-corrected chi connectivity index (χ3v) is 4.88. The third kappa shape index (κ3) is 5.01. The topological polar surface area (TPSA) is 81.5 Å². The lowest BCUT2D eigenvalue weighted by molar-refractivity contribution is -0.151. The Hall–Kier alpha value is -3.26. The zero-order chi connectivity index (χ0) is 21.7. The van der Waals surface area contributed by atoms with Crippen molar-refractivity contribution in [1.29, 1.82) is 0 Å². The van der Waals surface area contributed by atoms with Gasteiger partial charge in [0.05, 0.1) is 23.7 Å². The van der Waals surface area contributed by atoms with E-state index in [-0.39, 0.29) is 35.7 Å². The van der Waals surface area contributed by atoms with Crippen molar-refractivity contribution in [3.63, 3.8) is 0 Å². The Labute approximate surface area is 176 Å². The molecule has 3 rings (SSSR count). The van der Waals surface area contributed by atoms with Crippen LogP contribution in [0.4, 0.5) is 4.39 Å². The summed E-state index contributed by atoms with van der Waals surface area (Å²) >= 11 is 5.96. The first kappa shape index (κ1) is 21.4. The van der Waals surface area contributed by atoms with Gasteiger partial charge in [0.15, 0.2) is 6.61 Å². The van der Waals surface area contributed by atoms with Crippen LogP contribution < -0.4 is 5.56 Å². The van der Waals surface area contributed by atoms with Gasteiger partial charge in [-0.3, -0.25) is 19.0 Å². The number of halogens is 2. The van der Waals surface area contributed by atoms with Gasteiger partial charge < -0.3 is 9.64 Å². The van der Waals surface area contributed by atoms with Gasteiger partial charge >= 0.3 is 5.97 Å². The fourth-order valence-electron chi connectivity index (χ4n) is 2.81. The molecule has 7 nitrogen and oxygen atoms in total. The van der Waals surface area contributed by atoms with Crippen molar-refractivity contribution >= 4 is 34.4 Å². The number of para-hydroxylation sites is 1. The Bertz CT molecular complexity index is 1130. The molecule has 0 saturated heterocycles. The second-order valence-electron chi connectivity index (χ2n) is 6.62. The van der Waals surface area contributed by atoms with Crippen molar-refractivity contribution in [3.8, 4) is 0 Å². The number of rotatable bonds is 7. The van der Waals surface area contributed by atoms with Gasteiger partial charge in [0, 0.05) is 30.7 Å². The van der Waals surface area contributed by atoms with Crippen molar-refractivity contribution in [2.45, 2.75) is 19.5 Å². The highest BCUT2D eigenvalue weighted by Gasteiger charge is 2.16. The van der Waals surface area contributed by atoms with Gasteiger partial charge in [0.2, 0.25) is 0 Å². The maximum Gasteiger partial charge on any atom is 0.308 e. The van der Waals surface area contributed by atoms with E-state index in [2.05, 4.69) is 4.98 Å². The van der Waals surface area contributed by atoms with Gasteiger partial charge in [0.25, 0.3) is 11.5 Å². The average Bonchev–Trinajstić information content (AvgIpc) is 2.74. The molecule has 1 heterocycles. The Balaban J connectivity index is 1.51. The smallest absolute Gasteiger partial charge is 0.308 e. The molecule has 0 aliphatic heterocycles. The number of aryl methyl sites for hydroxylation is 1. The maximum absolute atomic E-state index is 13.8. The van der Waals surface area contributed by atoms with E-state index in [4.69, 9.17) is 16.3 Å². The summed E-state index contributed by atoms with van der Waals surface area (Å²) < 4.78 is 20.1. The molecule has 0 fully saturated rings. The molecule has 1 amide bonds. The van der Waals surface area contributed by atoms with Crippen LogP contribution in [0.25, 0.3) is 10.9 Å². The number of aromatic nitrogens is 2. The molecule has 3 aromatic rings. The molecule has 156 valence electrons. The summed E-state index contributed by atoms with van der Waals surface area (Å²) in [5.74, 6) is -1.67. The molecule has 30 heavy (non-hydrogen) atoms. The highest BCUT2D eigenvalue weighted by atomic mass is 35.5. The Morgan fingerprint density at radius 3 is 2.73 bits per heavy atom. The summed E-state index contributed by atoms with van der Waals surface area (Å²) in [4.78, 5) is 41.9. The van der Waals surface area contributed by atoms with Crippen molar-refractivity contribution in [2.24, 2.45) is 0 Å². The van der Waals surface area contributed by atoms with Crippen LogP contribution in [0.5, 0.6) is 0 Å². The fraction of sp³-hybridized carbons (Fsp3) is 0.238. The fourth-order valence-corrected chi connectivity index (χ4v) is 3.03. The first-order valence-electron chi connectivity index (χ1n) is 9.13. The van der Waals surface area contributed by atoms with Crippen LogP contribution >= 0.6 is 11.6 Å². The lowest BCUT2D eigenvalue weighted by atomic mass is 10.2. The first-order chi connectivity index (χ1) is 14.4. The molecule has 0 N–H and O–H groups in total. The molecular weight excluding hydrogens is 413 g/mol. The van der Waals surface area contributed by atoms with Crippen LogP contribution in [0.2, 0.25) is 5.02 Å². The highest BCUT2D eigenvalue weighted by molar-refractivity contribution is 6.31. The van der Waals surface area contributed by atoms with Crippen molar-refractivity contribution in [1.82, 2.24) is 14.5 Å². The van der Waals surface area contributed by atoms with Crippen LogP contribution in [0, 0.1) is 5.82 Å². The number of esters is 1. The van der Waals surface area contributed by atoms with Crippen molar-refractivity contribution in [3.05, 3.63) is 75.5 Å². The van der Waals surface area contributed by atoms with Gasteiger partial charge in [-0.25, -0.2) is 9.37 Å². The summed E-state index contributed by atoms with van der Waals surface area (Å²) in [5.41, 5.74) is 0.500. The van der Waals surface area contributed by atoms with Crippen LogP contribution in [0.3, 0.4) is 0 Å². The lowest BCUT2D eigenvalue weighted by Crippen LogP contribution is -2.31. The highest BCUT2D eigenvalue weighted by Crippen LogP contribution is 2.20. The van der Waals surface area contributed by atoms with E-state index in [9.17, 15) is 18.8 Å². The number of amides is 1. The van der Waals surface area contributed by atoms with E-state index in [0.29, 0.717) is 10.9 Å². The summed E-state index contributed by atoms with van der Waals surface area (Å²) in [7, 11) is 1.46. The van der Waals surface area contributed by atoms with Crippen LogP contribution in [-0.2, 0) is 27.4 Å². The zero-order valence-electron chi connectivity index (χ0n) is 16.2. The van der Waals surface area contributed by atoms with Crippen LogP contribution in [0.15, 0.2) is 53.6 Å². The minimum Gasteiger partial charge on any atom is -0.456 e. The summed E-state index contributed by atoms with van der Waals surface area (Å²) in [6, 6.07) is 11.2. The maximum atomic E-state index is 13.8. The lowest BCUT2D eigenvalue weighted by Gasteiger charge is -2.18. The standard InChI is InChI=1S/C21H19ClFN3O4/c1-25(11-15-16(22)6-4-7-17(15)23)19(27)12-30-20(28)9-10-26-13-24-18-8-3-2-5-14(18)21(26)29/h2-8,13H,9-12H2,1H3. The molecule has 0 saturated carbocycles. The third-order valence-electron chi connectivity index (χ3n) is 4.53. The molecule has 0 unspecified atom stereocenters. The summed E-state index contributed by atoms with van der Waals surface area (Å²) in [6.07, 6.45) is 1.27. The molecule has 2 aromatic carbocycles. The Kier molecular flexibility index (Phi) is 6.79. The largest absolute Gasteiger partial charge is 0.456 e. The minimum absolute atomic E-state index is 0.0555. The minimum atomic E-state index is -0.638. The van der Waals surface area contributed by atoms with E-state index in [1.165, 1.54) is 41.0 Å². The number of carbonyl (C=O) groups is 2. The zero-order valence-corrected chi connectivity index (χ0v) is 16.9. The van der Waals surface area contributed by atoms with Crippen LogP contribution in [-0.4, -0.2) is 40.0 Å². The van der Waals surface area contributed by atoms with Crippen molar-refractivity contribution < 1.29 is 18.7 Å². The van der Waals surface area contributed by atoms with Gasteiger partial charge in [-0.05, 0) is 24.3 Å². The number of likely N-dealkylation sites (N-methyl/N-ethyl adjacent to an activating group) is 1. The summed E-state index contributed by atoms with van der Waals surface area (Å²) in [5, 5.41) is 0.665. The van der Waals surface area contributed by atoms with E-state index in [0.717, 1.165) is 0 Å². The van der Waals surface area contributed by atoms with Gasteiger partial charge in [0.1, 0.15) is 5.82 Å². The van der Waals surface area contributed by atoms with Gasteiger partial charge in [-0.1, -0.05) is 29.8 Å². The molecule has 1 aromatic heterocycles.